The third kappa shape index (κ3) is 0.772. The van der Waals surface area contributed by atoms with Crippen molar-refractivity contribution >= 4 is 0 Å². The van der Waals surface area contributed by atoms with Gasteiger partial charge in [0.05, 0.1) is 0 Å². The minimum Gasteiger partial charge on any atom is -0.367 e. The number of nitrogens with one attached hydrogen (secondary N) is 1. The van der Waals surface area contributed by atoms with Crippen molar-refractivity contribution in [2.24, 2.45) is 5.41 Å². The Balaban J connectivity index is 2.37. The van der Waals surface area contributed by atoms with Crippen molar-refractivity contribution in [2.75, 3.05) is 0 Å². The highest BCUT2D eigenvalue weighted by Crippen LogP contribution is 2.35. The van der Waals surface area contributed by atoms with Crippen molar-refractivity contribution < 1.29 is 0 Å². The van der Waals surface area contributed by atoms with Gasteiger partial charge in [-0.05, 0) is 29.4 Å². The Hall–Kier alpha value is -0.720. The van der Waals surface area contributed by atoms with Crippen LogP contribution < -0.4 is 0 Å². The Bertz CT molecular complexity index is 222. The first-order chi connectivity index (χ1) is 4.67. The lowest BCUT2D eigenvalue weighted by Gasteiger charge is -2.15. The van der Waals surface area contributed by atoms with Gasteiger partial charge in [-0.2, -0.15) is 0 Å². The van der Waals surface area contributed by atoms with Crippen molar-refractivity contribution in [2.45, 2.75) is 26.7 Å². The predicted molar refractivity (Wildman–Crippen MR) is 42.0 cm³/mol. The topological polar surface area (TPSA) is 15.8 Å². The zero-order valence-corrected chi connectivity index (χ0v) is 6.57. The van der Waals surface area contributed by atoms with E-state index < -0.39 is 0 Å². The summed E-state index contributed by atoms with van der Waals surface area (Å²) in [6.07, 6.45) is 6.74. The Morgan fingerprint density at radius 1 is 1.20 bits per heavy atom. The number of aromatic nitrogens is 1. The molecule has 1 aliphatic rings. The molecule has 0 aromatic carbocycles. The summed E-state index contributed by atoms with van der Waals surface area (Å²) in [7, 11) is 0. The summed E-state index contributed by atoms with van der Waals surface area (Å²) >= 11 is 0. The van der Waals surface area contributed by atoms with Crippen molar-refractivity contribution in [1.29, 1.82) is 0 Å². The molecule has 1 aliphatic carbocycles. The van der Waals surface area contributed by atoms with Gasteiger partial charge < -0.3 is 4.98 Å². The first-order valence-corrected chi connectivity index (χ1v) is 3.82. The molecule has 0 fully saturated rings. The smallest absolute Gasteiger partial charge is 0.00404 e. The second-order valence-electron chi connectivity index (χ2n) is 4.02. The molecule has 1 nitrogen and oxygen atoms in total. The number of fused-ring (bicyclic) bond motifs is 1. The van der Waals surface area contributed by atoms with Crippen molar-refractivity contribution in [3.63, 3.8) is 0 Å². The summed E-state index contributed by atoms with van der Waals surface area (Å²) in [5, 5.41) is 0. The minimum atomic E-state index is 0.514. The van der Waals surface area contributed by atoms with Gasteiger partial charge in [-0.3, -0.25) is 0 Å². The zero-order valence-electron chi connectivity index (χ0n) is 6.57. The number of hydrogen-bond donors (Lipinski definition) is 1. The molecule has 0 aliphatic heterocycles. The van der Waals surface area contributed by atoms with E-state index in [4.69, 9.17) is 0 Å². The van der Waals surface area contributed by atoms with Gasteiger partial charge in [0.2, 0.25) is 0 Å². The van der Waals surface area contributed by atoms with Crippen LogP contribution in [0.3, 0.4) is 0 Å². The number of H-pyrrole nitrogens is 1. The molecule has 0 bridgehead atoms. The van der Waals surface area contributed by atoms with Crippen LogP contribution in [-0.4, -0.2) is 4.98 Å². The molecule has 1 aromatic heterocycles. The van der Waals surface area contributed by atoms with Crippen LogP contribution in [0.2, 0.25) is 0 Å². The summed E-state index contributed by atoms with van der Waals surface area (Å²) in [5.41, 5.74) is 3.55. The predicted octanol–water partition coefficient (Wildman–Crippen LogP) is 2.14. The minimum absolute atomic E-state index is 0.514. The van der Waals surface area contributed by atoms with E-state index in [-0.39, 0.29) is 0 Å². The number of hydrogen-bond acceptors (Lipinski definition) is 0. The van der Waals surface area contributed by atoms with Crippen LogP contribution in [-0.2, 0) is 12.8 Å². The highest BCUT2D eigenvalue weighted by Gasteiger charge is 2.28. The highest BCUT2D eigenvalue weighted by molar-refractivity contribution is 5.30. The molecule has 0 amide bonds. The molecule has 1 heterocycles. The first-order valence-electron chi connectivity index (χ1n) is 3.82. The largest absolute Gasteiger partial charge is 0.367 e. The van der Waals surface area contributed by atoms with E-state index in [1.165, 1.54) is 24.0 Å². The Labute approximate surface area is 61.5 Å². The van der Waals surface area contributed by atoms with Crippen LogP contribution in [0.15, 0.2) is 12.4 Å². The van der Waals surface area contributed by atoms with Crippen molar-refractivity contribution in [1.82, 2.24) is 4.98 Å². The Kier molecular flexibility index (Phi) is 0.997. The molecule has 0 saturated heterocycles. The normalized spacial score (nSPS) is 21.0. The first kappa shape index (κ1) is 6.02. The van der Waals surface area contributed by atoms with Crippen LogP contribution in [0.4, 0.5) is 0 Å². The van der Waals surface area contributed by atoms with E-state index in [9.17, 15) is 0 Å². The maximum absolute atomic E-state index is 3.14. The number of rotatable bonds is 0. The lowest BCUT2D eigenvalue weighted by molar-refractivity contribution is 0.391. The van der Waals surface area contributed by atoms with E-state index in [0.717, 1.165) is 0 Å². The maximum Gasteiger partial charge on any atom is 0.00404 e. The summed E-state index contributed by atoms with van der Waals surface area (Å²) in [6, 6.07) is 0. The summed E-state index contributed by atoms with van der Waals surface area (Å²) in [4.78, 5) is 3.14. The molecule has 54 valence electrons. The van der Waals surface area contributed by atoms with Gasteiger partial charge in [-0.1, -0.05) is 13.8 Å². The lowest BCUT2D eigenvalue weighted by Crippen LogP contribution is -2.10. The van der Waals surface area contributed by atoms with Gasteiger partial charge in [-0.25, -0.2) is 0 Å². The van der Waals surface area contributed by atoms with Gasteiger partial charge in [0.1, 0.15) is 0 Å². The molecule has 1 heteroatoms. The van der Waals surface area contributed by atoms with E-state index in [1.807, 2.05) is 0 Å². The van der Waals surface area contributed by atoms with Crippen molar-refractivity contribution in [3.05, 3.63) is 23.5 Å². The summed E-state index contributed by atoms with van der Waals surface area (Å²) in [6.45, 7) is 4.65. The SMILES string of the molecule is CC1(C)Cc2c[nH]cc2C1. The molecule has 0 radical (unpaired) electrons. The van der Waals surface area contributed by atoms with Crippen LogP contribution in [0, 0.1) is 5.41 Å². The molecule has 0 unspecified atom stereocenters. The average molecular weight is 135 g/mol. The van der Waals surface area contributed by atoms with E-state index in [2.05, 4.69) is 31.2 Å². The summed E-state index contributed by atoms with van der Waals surface area (Å²) in [5.74, 6) is 0. The zero-order chi connectivity index (χ0) is 7.19. The van der Waals surface area contributed by atoms with Crippen LogP contribution >= 0.6 is 0 Å². The monoisotopic (exact) mass is 135 g/mol. The molecule has 10 heavy (non-hydrogen) atoms. The van der Waals surface area contributed by atoms with Crippen LogP contribution in [0.5, 0.6) is 0 Å². The molecule has 0 spiro atoms. The third-order valence-electron chi connectivity index (χ3n) is 2.27. The average Bonchev–Trinajstić information content (AvgIpc) is 2.20. The molecule has 1 aromatic rings. The Morgan fingerprint density at radius 2 is 1.70 bits per heavy atom. The quantitative estimate of drug-likeness (QED) is 0.561. The second kappa shape index (κ2) is 1.66. The van der Waals surface area contributed by atoms with E-state index in [1.54, 1.807) is 0 Å². The second-order valence-corrected chi connectivity index (χ2v) is 4.02. The molecular weight excluding hydrogens is 122 g/mol. The summed E-state index contributed by atoms with van der Waals surface area (Å²) < 4.78 is 0. The molecular formula is C9H13N. The molecule has 2 rings (SSSR count). The highest BCUT2D eigenvalue weighted by atomic mass is 14.7. The molecule has 0 atom stereocenters. The molecule has 0 saturated carbocycles. The van der Waals surface area contributed by atoms with E-state index >= 15 is 0 Å². The van der Waals surface area contributed by atoms with Gasteiger partial charge >= 0.3 is 0 Å². The van der Waals surface area contributed by atoms with Crippen LogP contribution in [0.1, 0.15) is 25.0 Å². The molecule has 1 N–H and O–H groups in total. The van der Waals surface area contributed by atoms with E-state index in [0.29, 0.717) is 5.41 Å². The van der Waals surface area contributed by atoms with Gasteiger partial charge in [0.25, 0.3) is 0 Å². The van der Waals surface area contributed by atoms with Gasteiger partial charge in [0, 0.05) is 12.4 Å². The fourth-order valence-corrected chi connectivity index (χ4v) is 1.85. The fraction of sp³-hybridized carbons (Fsp3) is 0.556. The van der Waals surface area contributed by atoms with Gasteiger partial charge in [0.15, 0.2) is 0 Å². The fourth-order valence-electron chi connectivity index (χ4n) is 1.85. The lowest BCUT2D eigenvalue weighted by atomic mass is 9.90. The van der Waals surface area contributed by atoms with Crippen LogP contribution in [0.25, 0.3) is 0 Å². The number of aromatic amines is 1. The van der Waals surface area contributed by atoms with Gasteiger partial charge in [-0.15, -0.1) is 0 Å². The third-order valence-corrected chi connectivity index (χ3v) is 2.27. The standard InChI is InChI=1S/C9H13N/c1-9(2)3-7-5-10-6-8(7)4-9/h5-6,10H,3-4H2,1-2H3. The Morgan fingerprint density at radius 3 is 2.20 bits per heavy atom. The maximum atomic E-state index is 3.14. The van der Waals surface area contributed by atoms with Crippen molar-refractivity contribution in [3.8, 4) is 0 Å².